The normalized spacial score (nSPS) is 10.8. The van der Waals surface area contributed by atoms with Crippen LogP contribution in [0.2, 0.25) is 0 Å². The number of benzene rings is 3. The predicted molar refractivity (Wildman–Crippen MR) is 121 cm³/mol. The first kappa shape index (κ1) is 19.6. The maximum Gasteiger partial charge on any atom is 0.248 e. The number of carbonyl (C=O) groups is 1. The molecule has 0 fully saturated rings. The molecule has 0 atom stereocenters. The molecule has 0 spiro atoms. The van der Waals surface area contributed by atoms with Gasteiger partial charge in [0.15, 0.2) is 0 Å². The van der Waals surface area contributed by atoms with Gasteiger partial charge in [-0.3, -0.25) is 4.79 Å². The Morgan fingerprint density at radius 2 is 1.71 bits per heavy atom. The summed E-state index contributed by atoms with van der Waals surface area (Å²) in [7, 11) is 0. The molecule has 5 heteroatoms. The number of hydrogen-bond donors (Lipinski definition) is 3. The number of para-hydroxylation sites is 2. The molecule has 28 heavy (non-hydrogen) atoms. The molecule has 1 amide bonds. The Morgan fingerprint density at radius 1 is 1.00 bits per heavy atom. The third kappa shape index (κ3) is 5.66. The van der Waals surface area contributed by atoms with E-state index in [4.69, 9.17) is 5.73 Å². The van der Waals surface area contributed by atoms with Crippen LogP contribution in [0.4, 0.5) is 17.1 Å². The lowest BCUT2D eigenvalue weighted by Gasteiger charge is -2.07. The molecule has 0 radical (unpaired) electrons. The molecule has 3 rings (SSSR count). The molecule has 0 aliphatic heterocycles. The highest BCUT2D eigenvalue weighted by Gasteiger charge is 2.01. The number of anilines is 3. The van der Waals surface area contributed by atoms with Crippen LogP contribution in [0.25, 0.3) is 6.08 Å². The van der Waals surface area contributed by atoms with Crippen molar-refractivity contribution in [2.24, 2.45) is 0 Å². The van der Waals surface area contributed by atoms with E-state index in [-0.39, 0.29) is 5.91 Å². The number of hydrogen-bond acceptors (Lipinski definition) is 4. The van der Waals surface area contributed by atoms with Crippen LogP contribution < -0.4 is 16.4 Å². The predicted octanol–water partition coefficient (Wildman–Crippen LogP) is 5.25. The Balaban J connectivity index is 1.52. The second-order valence-corrected chi connectivity index (χ2v) is 7.11. The highest BCUT2D eigenvalue weighted by atomic mass is 32.2. The van der Waals surface area contributed by atoms with Crippen molar-refractivity contribution in [3.8, 4) is 0 Å². The third-order valence-electron chi connectivity index (χ3n) is 4.21. The van der Waals surface area contributed by atoms with Crippen LogP contribution in [0.15, 0.2) is 83.8 Å². The SMILES string of the molecule is CSc1ccc(NCc2ccc(/C=C/C(=O)Nc3ccccc3N)cc2)cc1. The zero-order chi connectivity index (χ0) is 19.8. The van der Waals surface area contributed by atoms with Gasteiger partial charge in [0.2, 0.25) is 5.91 Å². The Labute approximate surface area is 169 Å². The van der Waals surface area contributed by atoms with Gasteiger partial charge >= 0.3 is 0 Å². The first-order valence-corrected chi connectivity index (χ1v) is 10.2. The molecule has 0 saturated heterocycles. The van der Waals surface area contributed by atoms with Crippen molar-refractivity contribution in [1.29, 1.82) is 0 Å². The molecule has 0 heterocycles. The van der Waals surface area contributed by atoms with Crippen LogP contribution in [0.5, 0.6) is 0 Å². The lowest BCUT2D eigenvalue weighted by Crippen LogP contribution is -2.09. The number of thioether (sulfide) groups is 1. The Bertz CT molecular complexity index is 950. The summed E-state index contributed by atoms with van der Waals surface area (Å²) in [5.74, 6) is -0.211. The van der Waals surface area contributed by atoms with Gasteiger partial charge < -0.3 is 16.4 Å². The van der Waals surface area contributed by atoms with Gasteiger partial charge in [-0.05, 0) is 59.9 Å². The maximum absolute atomic E-state index is 12.0. The van der Waals surface area contributed by atoms with Gasteiger partial charge in [0.05, 0.1) is 11.4 Å². The van der Waals surface area contributed by atoms with Crippen molar-refractivity contribution in [2.75, 3.05) is 22.6 Å². The van der Waals surface area contributed by atoms with E-state index < -0.39 is 0 Å². The number of nitrogen functional groups attached to an aromatic ring is 1. The summed E-state index contributed by atoms with van der Waals surface area (Å²) in [4.78, 5) is 13.3. The molecular formula is C23H23N3OS. The highest BCUT2D eigenvalue weighted by molar-refractivity contribution is 7.98. The summed E-state index contributed by atoms with van der Waals surface area (Å²) < 4.78 is 0. The van der Waals surface area contributed by atoms with Crippen molar-refractivity contribution in [3.63, 3.8) is 0 Å². The van der Waals surface area contributed by atoms with Gasteiger partial charge in [0.25, 0.3) is 0 Å². The van der Waals surface area contributed by atoms with Crippen molar-refractivity contribution in [1.82, 2.24) is 0 Å². The van der Waals surface area contributed by atoms with Crippen LogP contribution in [0.1, 0.15) is 11.1 Å². The standard InChI is InChI=1S/C23H23N3OS/c1-28-20-13-11-19(12-14-20)25-16-18-8-6-17(7-9-18)10-15-23(27)26-22-5-3-2-4-21(22)24/h2-15,25H,16,24H2,1H3,(H,26,27)/b15-10+. The molecule has 0 aliphatic rings. The lowest BCUT2D eigenvalue weighted by atomic mass is 10.1. The summed E-state index contributed by atoms with van der Waals surface area (Å²) in [6, 6.07) is 23.7. The topological polar surface area (TPSA) is 67.2 Å². The molecule has 3 aromatic rings. The van der Waals surface area contributed by atoms with Gasteiger partial charge in [-0.25, -0.2) is 0 Å². The van der Waals surface area contributed by atoms with E-state index >= 15 is 0 Å². The monoisotopic (exact) mass is 389 g/mol. The number of nitrogens with two attached hydrogens (primary N) is 1. The van der Waals surface area contributed by atoms with E-state index in [1.807, 2.05) is 24.3 Å². The molecule has 0 unspecified atom stereocenters. The molecule has 0 saturated carbocycles. The molecule has 4 N–H and O–H groups in total. The van der Waals surface area contributed by atoms with Gasteiger partial charge in [-0.15, -0.1) is 11.8 Å². The minimum absolute atomic E-state index is 0.211. The van der Waals surface area contributed by atoms with Crippen LogP contribution in [0.3, 0.4) is 0 Å². The van der Waals surface area contributed by atoms with Gasteiger partial charge in [0, 0.05) is 23.2 Å². The van der Waals surface area contributed by atoms with E-state index in [2.05, 4.69) is 53.3 Å². The van der Waals surface area contributed by atoms with Crippen molar-refractivity contribution < 1.29 is 4.79 Å². The quantitative estimate of drug-likeness (QED) is 0.293. The van der Waals surface area contributed by atoms with Gasteiger partial charge in [-0.1, -0.05) is 36.4 Å². The summed E-state index contributed by atoms with van der Waals surface area (Å²) in [6.07, 6.45) is 5.36. The first-order chi connectivity index (χ1) is 13.6. The molecular weight excluding hydrogens is 366 g/mol. The smallest absolute Gasteiger partial charge is 0.248 e. The average molecular weight is 390 g/mol. The van der Waals surface area contributed by atoms with Crippen molar-refractivity contribution in [2.45, 2.75) is 11.4 Å². The molecule has 3 aromatic carbocycles. The van der Waals surface area contributed by atoms with E-state index in [0.717, 1.165) is 17.8 Å². The van der Waals surface area contributed by atoms with E-state index in [1.165, 1.54) is 16.5 Å². The second kappa shape index (κ2) is 9.67. The summed E-state index contributed by atoms with van der Waals surface area (Å²) in [6.45, 7) is 0.746. The largest absolute Gasteiger partial charge is 0.397 e. The van der Waals surface area contributed by atoms with Crippen LogP contribution >= 0.6 is 11.8 Å². The number of amides is 1. The molecule has 0 aromatic heterocycles. The summed E-state index contributed by atoms with van der Waals surface area (Å²) in [5, 5.41) is 6.19. The molecule has 0 aliphatic carbocycles. The maximum atomic E-state index is 12.0. The third-order valence-corrected chi connectivity index (χ3v) is 4.96. The van der Waals surface area contributed by atoms with E-state index in [9.17, 15) is 4.79 Å². The molecule has 0 bridgehead atoms. The first-order valence-electron chi connectivity index (χ1n) is 8.94. The van der Waals surface area contributed by atoms with Crippen molar-refractivity contribution >= 4 is 40.8 Å². The second-order valence-electron chi connectivity index (χ2n) is 6.23. The highest BCUT2D eigenvalue weighted by Crippen LogP contribution is 2.18. The van der Waals surface area contributed by atoms with Gasteiger partial charge in [-0.2, -0.15) is 0 Å². The van der Waals surface area contributed by atoms with Gasteiger partial charge in [0.1, 0.15) is 0 Å². The zero-order valence-electron chi connectivity index (χ0n) is 15.7. The van der Waals surface area contributed by atoms with E-state index in [0.29, 0.717) is 11.4 Å². The van der Waals surface area contributed by atoms with Crippen LogP contribution in [-0.2, 0) is 11.3 Å². The van der Waals surface area contributed by atoms with Crippen molar-refractivity contribution in [3.05, 3.63) is 90.0 Å². The minimum Gasteiger partial charge on any atom is -0.397 e. The fourth-order valence-corrected chi connectivity index (χ4v) is 3.02. The Morgan fingerprint density at radius 3 is 2.39 bits per heavy atom. The number of rotatable bonds is 7. The summed E-state index contributed by atoms with van der Waals surface area (Å²) >= 11 is 1.73. The Kier molecular flexibility index (Phi) is 6.76. The molecule has 4 nitrogen and oxygen atoms in total. The number of carbonyl (C=O) groups excluding carboxylic acids is 1. The number of nitrogens with one attached hydrogen (secondary N) is 2. The molecule has 142 valence electrons. The average Bonchev–Trinajstić information content (AvgIpc) is 2.73. The minimum atomic E-state index is -0.211. The van der Waals surface area contributed by atoms with Crippen LogP contribution in [-0.4, -0.2) is 12.2 Å². The fourth-order valence-electron chi connectivity index (χ4n) is 2.62. The van der Waals surface area contributed by atoms with E-state index in [1.54, 1.807) is 30.0 Å². The Hall–Kier alpha value is -3.18. The summed E-state index contributed by atoms with van der Waals surface area (Å²) in [5.41, 5.74) is 10.2. The lowest BCUT2D eigenvalue weighted by molar-refractivity contribution is -0.111. The fraction of sp³-hybridized carbons (Fsp3) is 0.0870. The van der Waals surface area contributed by atoms with Crippen LogP contribution in [0, 0.1) is 0 Å². The zero-order valence-corrected chi connectivity index (χ0v) is 16.5.